The Balaban J connectivity index is 1.72. The Kier molecular flexibility index (Phi) is 5.69. The molecule has 1 aromatic carbocycles. The monoisotopic (exact) mass is 484 g/mol. The van der Waals surface area contributed by atoms with Gasteiger partial charge in [-0.05, 0) is 40.2 Å². The number of sulfonamides is 1. The minimum absolute atomic E-state index is 0.102. The Hall–Kier alpha value is -1.07. The Labute approximate surface area is 166 Å². The summed E-state index contributed by atoms with van der Waals surface area (Å²) in [6.45, 7) is 0.454. The highest BCUT2D eigenvalue weighted by molar-refractivity contribution is 9.11. The standard InChI is InChI=1S/C15H12BrClF2N2O3S2/c16-13-1-2-14(25-13)26(23,24)21-5-3-20(4-6-21)15(22)9-7-11(18)12(19)8-10(9)17/h1-2,7-8H,3-6H2. The van der Waals surface area contributed by atoms with Gasteiger partial charge in [-0.2, -0.15) is 4.31 Å². The van der Waals surface area contributed by atoms with E-state index in [2.05, 4.69) is 15.9 Å². The number of benzene rings is 1. The molecular formula is C15H12BrClF2N2O3S2. The molecule has 26 heavy (non-hydrogen) atoms. The number of rotatable bonds is 3. The first kappa shape index (κ1) is 19.7. The number of carbonyl (C=O) groups excluding carboxylic acids is 1. The molecule has 1 amide bonds. The number of nitrogens with zero attached hydrogens (tertiary/aromatic N) is 2. The highest BCUT2D eigenvalue weighted by Crippen LogP contribution is 2.29. The van der Waals surface area contributed by atoms with Gasteiger partial charge in [-0.1, -0.05) is 11.6 Å². The van der Waals surface area contributed by atoms with Crippen LogP contribution in [0.2, 0.25) is 5.02 Å². The summed E-state index contributed by atoms with van der Waals surface area (Å²) >= 11 is 10.2. The van der Waals surface area contributed by atoms with E-state index < -0.39 is 27.6 Å². The molecule has 0 saturated carbocycles. The first-order valence-electron chi connectivity index (χ1n) is 7.39. The zero-order valence-corrected chi connectivity index (χ0v) is 17.1. The normalized spacial score (nSPS) is 16.1. The van der Waals surface area contributed by atoms with E-state index in [0.717, 1.165) is 23.5 Å². The van der Waals surface area contributed by atoms with Crippen molar-refractivity contribution in [3.63, 3.8) is 0 Å². The Bertz CT molecular complexity index is 960. The number of piperazine rings is 1. The van der Waals surface area contributed by atoms with Gasteiger partial charge in [0.25, 0.3) is 15.9 Å². The van der Waals surface area contributed by atoms with Crippen LogP contribution < -0.4 is 0 Å². The van der Waals surface area contributed by atoms with Crippen LogP contribution >= 0.6 is 38.9 Å². The maximum atomic E-state index is 13.4. The van der Waals surface area contributed by atoms with E-state index in [0.29, 0.717) is 3.79 Å². The summed E-state index contributed by atoms with van der Waals surface area (Å²) < 4.78 is 53.9. The summed E-state index contributed by atoms with van der Waals surface area (Å²) in [5, 5.41) is -0.188. The molecule has 0 radical (unpaired) electrons. The minimum Gasteiger partial charge on any atom is -0.336 e. The van der Waals surface area contributed by atoms with Crippen molar-refractivity contribution in [2.75, 3.05) is 26.2 Å². The number of carbonyl (C=O) groups is 1. The summed E-state index contributed by atoms with van der Waals surface area (Å²) in [5.41, 5.74) is -0.149. The SMILES string of the molecule is O=C(c1cc(F)c(F)cc1Cl)N1CCN(S(=O)(=O)c2ccc(Br)s2)CC1. The molecule has 5 nitrogen and oxygen atoms in total. The second-order valence-electron chi connectivity index (χ2n) is 5.50. The van der Waals surface area contributed by atoms with Gasteiger partial charge in [0.2, 0.25) is 0 Å². The van der Waals surface area contributed by atoms with Crippen molar-refractivity contribution in [3.8, 4) is 0 Å². The predicted molar refractivity (Wildman–Crippen MR) is 98.0 cm³/mol. The average molecular weight is 486 g/mol. The molecule has 1 aromatic heterocycles. The van der Waals surface area contributed by atoms with Crippen LogP contribution in [0.25, 0.3) is 0 Å². The fraction of sp³-hybridized carbons (Fsp3) is 0.267. The first-order valence-corrected chi connectivity index (χ1v) is 10.8. The highest BCUT2D eigenvalue weighted by atomic mass is 79.9. The van der Waals surface area contributed by atoms with Gasteiger partial charge < -0.3 is 4.90 Å². The molecule has 1 fully saturated rings. The third-order valence-corrected chi connectivity index (χ3v) is 8.21. The van der Waals surface area contributed by atoms with E-state index in [-0.39, 0.29) is 41.0 Å². The molecule has 0 atom stereocenters. The van der Waals surface area contributed by atoms with Crippen molar-refractivity contribution in [2.24, 2.45) is 0 Å². The molecular weight excluding hydrogens is 474 g/mol. The van der Waals surface area contributed by atoms with Crippen LogP contribution in [0, 0.1) is 11.6 Å². The quantitative estimate of drug-likeness (QED) is 0.625. The highest BCUT2D eigenvalue weighted by Gasteiger charge is 2.32. The number of amides is 1. The van der Waals surface area contributed by atoms with Gasteiger partial charge in [0.1, 0.15) is 4.21 Å². The molecule has 2 aromatic rings. The van der Waals surface area contributed by atoms with Crippen molar-refractivity contribution in [3.05, 3.63) is 50.3 Å². The van der Waals surface area contributed by atoms with Crippen LogP contribution in [0.4, 0.5) is 8.78 Å². The molecule has 0 N–H and O–H groups in total. The van der Waals surface area contributed by atoms with Crippen LogP contribution in [0.15, 0.2) is 32.3 Å². The molecule has 1 saturated heterocycles. The van der Waals surface area contributed by atoms with Crippen LogP contribution in [-0.2, 0) is 10.0 Å². The maximum Gasteiger partial charge on any atom is 0.255 e. The van der Waals surface area contributed by atoms with Gasteiger partial charge in [-0.3, -0.25) is 4.79 Å². The van der Waals surface area contributed by atoms with Gasteiger partial charge >= 0.3 is 0 Å². The summed E-state index contributed by atoms with van der Waals surface area (Å²) in [5.74, 6) is -2.86. The van der Waals surface area contributed by atoms with Crippen LogP contribution in [0.3, 0.4) is 0 Å². The third kappa shape index (κ3) is 3.79. The zero-order valence-electron chi connectivity index (χ0n) is 13.1. The number of hydrogen-bond donors (Lipinski definition) is 0. The second-order valence-corrected chi connectivity index (χ2v) is 10.5. The van der Waals surface area contributed by atoms with Crippen molar-refractivity contribution < 1.29 is 22.0 Å². The Morgan fingerprint density at radius 1 is 1.12 bits per heavy atom. The summed E-state index contributed by atoms with van der Waals surface area (Å²) in [4.78, 5) is 13.9. The fourth-order valence-electron chi connectivity index (χ4n) is 2.55. The van der Waals surface area contributed by atoms with Gasteiger partial charge in [-0.15, -0.1) is 11.3 Å². The maximum absolute atomic E-state index is 13.4. The smallest absolute Gasteiger partial charge is 0.255 e. The predicted octanol–water partition coefficient (Wildman–Crippen LogP) is 3.59. The molecule has 140 valence electrons. The largest absolute Gasteiger partial charge is 0.336 e. The van der Waals surface area contributed by atoms with Crippen molar-refractivity contribution in [2.45, 2.75) is 4.21 Å². The number of thiophene rings is 1. The molecule has 0 bridgehead atoms. The lowest BCUT2D eigenvalue weighted by Gasteiger charge is -2.33. The van der Waals surface area contributed by atoms with Gasteiger partial charge in [-0.25, -0.2) is 17.2 Å². The lowest BCUT2D eigenvalue weighted by Crippen LogP contribution is -2.50. The molecule has 2 heterocycles. The topological polar surface area (TPSA) is 57.7 Å². The first-order chi connectivity index (χ1) is 12.2. The lowest BCUT2D eigenvalue weighted by molar-refractivity contribution is 0.0697. The molecule has 0 aliphatic carbocycles. The minimum atomic E-state index is -3.63. The second kappa shape index (κ2) is 7.51. The van der Waals surface area contributed by atoms with Crippen LogP contribution in [-0.4, -0.2) is 49.7 Å². The van der Waals surface area contributed by atoms with E-state index in [1.165, 1.54) is 15.3 Å². The summed E-state index contributed by atoms with van der Waals surface area (Å²) in [6.07, 6.45) is 0. The van der Waals surface area contributed by atoms with E-state index in [9.17, 15) is 22.0 Å². The van der Waals surface area contributed by atoms with Crippen LogP contribution in [0.1, 0.15) is 10.4 Å². The van der Waals surface area contributed by atoms with E-state index in [4.69, 9.17) is 11.6 Å². The van der Waals surface area contributed by atoms with E-state index in [1.54, 1.807) is 6.07 Å². The lowest BCUT2D eigenvalue weighted by atomic mass is 10.1. The molecule has 0 unspecified atom stereocenters. The molecule has 11 heteroatoms. The fourth-order valence-corrected chi connectivity index (χ4v) is 6.37. The van der Waals surface area contributed by atoms with Crippen molar-refractivity contribution in [1.29, 1.82) is 0 Å². The van der Waals surface area contributed by atoms with Gasteiger partial charge in [0.15, 0.2) is 11.6 Å². The van der Waals surface area contributed by atoms with Crippen molar-refractivity contribution >= 4 is 54.8 Å². The molecule has 1 aliphatic heterocycles. The average Bonchev–Trinajstić information content (AvgIpc) is 3.05. The van der Waals surface area contributed by atoms with Crippen LogP contribution in [0.5, 0.6) is 0 Å². The molecule has 3 rings (SSSR count). The molecule has 1 aliphatic rings. The number of halogens is 4. The van der Waals surface area contributed by atoms with E-state index >= 15 is 0 Å². The number of hydrogen-bond acceptors (Lipinski definition) is 4. The molecule has 0 spiro atoms. The summed E-state index contributed by atoms with van der Waals surface area (Å²) in [7, 11) is -3.63. The van der Waals surface area contributed by atoms with Crippen molar-refractivity contribution in [1.82, 2.24) is 9.21 Å². The Morgan fingerprint density at radius 3 is 2.31 bits per heavy atom. The van der Waals surface area contributed by atoms with Gasteiger partial charge in [0.05, 0.1) is 14.4 Å². The Morgan fingerprint density at radius 2 is 1.73 bits per heavy atom. The summed E-state index contributed by atoms with van der Waals surface area (Å²) in [6, 6.07) is 4.68. The third-order valence-electron chi connectivity index (χ3n) is 3.91. The van der Waals surface area contributed by atoms with E-state index in [1.807, 2.05) is 0 Å². The van der Waals surface area contributed by atoms with Gasteiger partial charge in [0, 0.05) is 26.2 Å². The zero-order chi connectivity index (χ0) is 19.1.